The van der Waals surface area contributed by atoms with Crippen molar-refractivity contribution in [2.24, 2.45) is 5.73 Å². The molecule has 0 bridgehead atoms. The second kappa shape index (κ2) is 4.56. The molecule has 0 atom stereocenters. The SMILES string of the molecule is COc1cc(I)c(O)c(C(N)=O)c1OC. The van der Waals surface area contributed by atoms with Crippen molar-refractivity contribution in [3.05, 3.63) is 15.2 Å². The maximum absolute atomic E-state index is 11.1. The molecule has 5 nitrogen and oxygen atoms in total. The third-order valence-electron chi connectivity index (χ3n) is 1.84. The van der Waals surface area contributed by atoms with Crippen molar-refractivity contribution in [1.82, 2.24) is 0 Å². The van der Waals surface area contributed by atoms with Crippen LogP contribution in [0.15, 0.2) is 6.07 Å². The molecule has 82 valence electrons. The molecule has 0 heterocycles. The Morgan fingerprint density at radius 3 is 2.47 bits per heavy atom. The zero-order chi connectivity index (χ0) is 11.6. The molecule has 0 unspecified atom stereocenters. The number of rotatable bonds is 3. The quantitative estimate of drug-likeness (QED) is 0.817. The first-order chi connectivity index (χ1) is 7.02. The van der Waals surface area contributed by atoms with Gasteiger partial charge in [0, 0.05) is 6.07 Å². The van der Waals surface area contributed by atoms with Gasteiger partial charge in [-0.1, -0.05) is 0 Å². The Labute approximate surface area is 100 Å². The molecule has 1 amide bonds. The van der Waals surface area contributed by atoms with Gasteiger partial charge >= 0.3 is 0 Å². The minimum atomic E-state index is -0.763. The molecular weight excluding hydrogens is 313 g/mol. The monoisotopic (exact) mass is 323 g/mol. The molecule has 0 fully saturated rings. The van der Waals surface area contributed by atoms with Crippen LogP contribution in [0.5, 0.6) is 17.2 Å². The Balaban J connectivity index is 3.56. The van der Waals surface area contributed by atoms with Gasteiger partial charge in [0.1, 0.15) is 11.3 Å². The first kappa shape index (κ1) is 11.9. The van der Waals surface area contributed by atoms with Crippen LogP contribution >= 0.6 is 22.6 Å². The summed E-state index contributed by atoms with van der Waals surface area (Å²) >= 11 is 1.87. The molecule has 1 aromatic rings. The smallest absolute Gasteiger partial charge is 0.256 e. The molecule has 15 heavy (non-hydrogen) atoms. The van der Waals surface area contributed by atoms with Gasteiger partial charge in [0.2, 0.25) is 0 Å². The predicted molar refractivity (Wildman–Crippen MR) is 62.4 cm³/mol. The fraction of sp³-hybridized carbons (Fsp3) is 0.222. The topological polar surface area (TPSA) is 81.8 Å². The van der Waals surface area contributed by atoms with Crippen molar-refractivity contribution < 1.29 is 19.4 Å². The summed E-state index contributed by atoms with van der Waals surface area (Å²) in [7, 11) is 2.81. The molecule has 0 spiro atoms. The van der Waals surface area contributed by atoms with Gasteiger partial charge in [0.05, 0.1) is 17.8 Å². The normalized spacial score (nSPS) is 9.80. The van der Waals surface area contributed by atoms with E-state index in [2.05, 4.69) is 0 Å². The number of carbonyl (C=O) groups is 1. The van der Waals surface area contributed by atoms with E-state index in [9.17, 15) is 9.90 Å². The van der Waals surface area contributed by atoms with E-state index in [1.54, 1.807) is 6.07 Å². The summed E-state index contributed by atoms with van der Waals surface area (Å²) in [5.41, 5.74) is 5.08. The Bertz CT molecular complexity index is 406. The lowest BCUT2D eigenvalue weighted by molar-refractivity contribution is 0.0994. The predicted octanol–water partition coefficient (Wildman–Crippen LogP) is 1.11. The van der Waals surface area contributed by atoms with E-state index in [1.165, 1.54) is 14.2 Å². The summed E-state index contributed by atoms with van der Waals surface area (Å²) in [6.45, 7) is 0. The minimum absolute atomic E-state index is 0.0683. The standard InChI is InChI=1S/C9H10INO4/c1-14-5-3-4(10)7(12)6(9(11)13)8(5)15-2/h3,12H,1-2H3,(H2,11,13). The molecular formula is C9H10INO4. The third-order valence-corrected chi connectivity index (χ3v) is 2.66. The summed E-state index contributed by atoms with van der Waals surface area (Å²) in [5, 5.41) is 9.66. The van der Waals surface area contributed by atoms with Crippen LogP contribution in [0.1, 0.15) is 10.4 Å². The van der Waals surface area contributed by atoms with Gasteiger partial charge in [-0.2, -0.15) is 0 Å². The lowest BCUT2D eigenvalue weighted by Gasteiger charge is -2.13. The van der Waals surface area contributed by atoms with Gasteiger partial charge in [-0.3, -0.25) is 4.79 Å². The van der Waals surface area contributed by atoms with Gasteiger partial charge in [-0.05, 0) is 22.6 Å². The van der Waals surface area contributed by atoms with Crippen molar-refractivity contribution in [1.29, 1.82) is 0 Å². The van der Waals surface area contributed by atoms with Crippen LogP contribution in [0.25, 0.3) is 0 Å². The number of halogens is 1. The Morgan fingerprint density at radius 2 is 2.07 bits per heavy atom. The van der Waals surface area contributed by atoms with Crippen molar-refractivity contribution in [3.8, 4) is 17.2 Å². The highest BCUT2D eigenvalue weighted by Crippen LogP contribution is 2.39. The fourth-order valence-electron chi connectivity index (χ4n) is 1.18. The number of primary amides is 1. The minimum Gasteiger partial charge on any atom is -0.506 e. The van der Waals surface area contributed by atoms with Crippen LogP contribution in [-0.4, -0.2) is 25.2 Å². The summed E-state index contributed by atoms with van der Waals surface area (Å²) in [6, 6.07) is 1.56. The largest absolute Gasteiger partial charge is 0.506 e. The number of carbonyl (C=O) groups excluding carboxylic acids is 1. The van der Waals surface area contributed by atoms with E-state index >= 15 is 0 Å². The van der Waals surface area contributed by atoms with Crippen LogP contribution in [-0.2, 0) is 0 Å². The summed E-state index contributed by atoms with van der Waals surface area (Å²) in [4.78, 5) is 11.1. The highest BCUT2D eigenvalue weighted by Gasteiger charge is 2.21. The molecule has 0 aromatic heterocycles. The van der Waals surface area contributed by atoms with Crippen molar-refractivity contribution >= 4 is 28.5 Å². The molecule has 3 N–H and O–H groups in total. The number of methoxy groups -OCH3 is 2. The second-order valence-corrected chi connectivity index (χ2v) is 3.84. The zero-order valence-corrected chi connectivity index (χ0v) is 10.4. The number of benzene rings is 1. The van der Waals surface area contributed by atoms with E-state index in [0.29, 0.717) is 9.32 Å². The lowest BCUT2D eigenvalue weighted by Crippen LogP contribution is -2.14. The van der Waals surface area contributed by atoms with Crippen molar-refractivity contribution in [3.63, 3.8) is 0 Å². The highest BCUT2D eigenvalue weighted by atomic mass is 127. The summed E-state index contributed by atoms with van der Waals surface area (Å²) in [6.07, 6.45) is 0. The third kappa shape index (κ3) is 2.09. The van der Waals surface area contributed by atoms with E-state index in [4.69, 9.17) is 15.2 Å². The van der Waals surface area contributed by atoms with Crippen LogP contribution in [0.2, 0.25) is 0 Å². The molecule has 0 aliphatic carbocycles. The van der Waals surface area contributed by atoms with Gasteiger partial charge in [-0.25, -0.2) is 0 Å². The van der Waals surface area contributed by atoms with Crippen LogP contribution in [0.3, 0.4) is 0 Å². The Kier molecular flexibility index (Phi) is 3.61. The number of ether oxygens (including phenoxy) is 2. The highest BCUT2D eigenvalue weighted by molar-refractivity contribution is 14.1. The average molecular weight is 323 g/mol. The van der Waals surface area contributed by atoms with Crippen LogP contribution < -0.4 is 15.2 Å². The van der Waals surface area contributed by atoms with Gasteiger partial charge in [0.25, 0.3) is 5.91 Å². The zero-order valence-electron chi connectivity index (χ0n) is 8.20. The van der Waals surface area contributed by atoms with Gasteiger partial charge in [0.15, 0.2) is 11.5 Å². The summed E-state index contributed by atoms with van der Waals surface area (Å²) < 4.78 is 10.5. The summed E-state index contributed by atoms with van der Waals surface area (Å²) in [5.74, 6) is -0.460. The van der Waals surface area contributed by atoms with E-state index in [1.807, 2.05) is 22.6 Å². The van der Waals surface area contributed by atoms with E-state index in [0.717, 1.165) is 0 Å². The molecule has 0 saturated carbocycles. The lowest BCUT2D eigenvalue weighted by atomic mass is 10.1. The Hall–Kier alpha value is -1.18. The van der Waals surface area contributed by atoms with Crippen molar-refractivity contribution in [2.45, 2.75) is 0 Å². The maximum Gasteiger partial charge on any atom is 0.256 e. The molecule has 0 radical (unpaired) electrons. The molecule has 1 rings (SSSR count). The van der Waals surface area contributed by atoms with Crippen LogP contribution in [0.4, 0.5) is 0 Å². The molecule has 1 aromatic carbocycles. The molecule has 0 aliphatic heterocycles. The fourth-order valence-corrected chi connectivity index (χ4v) is 1.73. The van der Waals surface area contributed by atoms with E-state index in [-0.39, 0.29) is 17.1 Å². The van der Waals surface area contributed by atoms with E-state index < -0.39 is 5.91 Å². The van der Waals surface area contributed by atoms with Gasteiger partial charge in [-0.15, -0.1) is 0 Å². The molecule has 0 saturated heterocycles. The maximum atomic E-state index is 11.1. The number of aromatic hydroxyl groups is 1. The molecule has 0 aliphatic rings. The van der Waals surface area contributed by atoms with Gasteiger partial charge < -0.3 is 20.3 Å². The van der Waals surface area contributed by atoms with Crippen LogP contribution in [0, 0.1) is 3.57 Å². The Morgan fingerprint density at radius 1 is 1.47 bits per heavy atom. The number of hydrogen-bond donors (Lipinski definition) is 2. The van der Waals surface area contributed by atoms with Crippen molar-refractivity contribution in [2.75, 3.05) is 14.2 Å². The first-order valence-corrected chi connectivity index (χ1v) is 5.04. The number of phenols is 1. The number of nitrogens with two attached hydrogens (primary N) is 1. The number of amides is 1. The number of hydrogen-bond acceptors (Lipinski definition) is 4. The average Bonchev–Trinajstić information content (AvgIpc) is 2.20. The second-order valence-electron chi connectivity index (χ2n) is 2.68. The first-order valence-electron chi connectivity index (χ1n) is 3.96. The molecule has 6 heteroatoms.